The standard InChI is InChI=1S/C24H27N5O3/c1-13-5-7-17(8-6-13)29-22-18(20(27-29)23(30)26-15(3)28-31)9-10-19-14(2)21-16(12-25-32-21)11-24(19,22)4/h5-8,12,14,19,31H,9-11H2,1-4H3,(H,26,28,30)/t14-,19-,24-/m1/s1. The second kappa shape index (κ2) is 7.32. The molecule has 0 fully saturated rings. The molecule has 8 nitrogen and oxygen atoms in total. The number of oxime groups is 1. The molecule has 2 aliphatic rings. The Bertz CT molecular complexity index is 1220. The number of aryl methyl sites for hydroxylation is 1. The number of aromatic nitrogens is 3. The Kier molecular flexibility index (Phi) is 4.69. The molecular weight excluding hydrogens is 406 g/mol. The molecule has 0 saturated carbocycles. The van der Waals surface area contributed by atoms with Crippen molar-refractivity contribution in [3.8, 4) is 5.69 Å². The molecule has 8 heteroatoms. The van der Waals surface area contributed by atoms with Gasteiger partial charge in [-0.1, -0.05) is 41.9 Å². The molecule has 0 aliphatic heterocycles. The molecule has 32 heavy (non-hydrogen) atoms. The summed E-state index contributed by atoms with van der Waals surface area (Å²) in [7, 11) is 0. The van der Waals surface area contributed by atoms with E-state index >= 15 is 0 Å². The normalized spacial score (nSPS) is 24.4. The van der Waals surface area contributed by atoms with Crippen LogP contribution in [0.2, 0.25) is 0 Å². The van der Waals surface area contributed by atoms with Gasteiger partial charge in [0.2, 0.25) is 0 Å². The number of amides is 1. The molecule has 2 N–H and O–H groups in total. The van der Waals surface area contributed by atoms with Crippen LogP contribution in [0.1, 0.15) is 71.7 Å². The SMILES string of the molecule is C/C(=N\O)NC(=O)c1nn(-c2ccc(C)cc2)c2c1CC[C@@H]1[C@@H](C)c3oncc3C[C@@]21C. The Labute approximate surface area is 186 Å². The smallest absolute Gasteiger partial charge is 0.277 e. The third-order valence-electron chi connectivity index (χ3n) is 7.24. The zero-order valence-electron chi connectivity index (χ0n) is 18.7. The summed E-state index contributed by atoms with van der Waals surface area (Å²) >= 11 is 0. The first kappa shape index (κ1) is 20.5. The third kappa shape index (κ3) is 2.97. The molecule has 2 aromatic heterocycles. The van der Waals surface area contributed by atoms with Crippen LogP contribution in [0.25, 0.3) is 5.69 Å². The molecule has 3 aromatic rings. The van der Waals surface area contributed by atoms with Crippen molar-refractivity contribution in [2.45, 2.75) is 58.3 Å². The number of nitrogens with zero attached hydrogens (tertiary/aromatic N) is 4. The Hall–Kier alpha value is -3.42. The number of nitrogens with one attached hydrogen (secondary N) is 1. The van der Waals surface area contributed by atoms with Crippen molar-refractivity contribution in [2.24, 2.45) is 11.1 Å². The summed E-state index contributed by atoms with van der Waals surface area (Å²) in [6.45, 7) is 8.07. The van der Waals surface area contributed by atoms with Crippen molar-refractivity contribution in [1.82, 2.24) is 20.3 Å². The van der Waals surface area contributed by atoms with Crippen molar-refractivity contribution >= 4 is 11.7 Å². The molecule has 3 atom stereocenters. The minimum Gasteiger partial charge on any atom is -0.409 e. The van der Waals surface area contributed by atoms with Gasteiger partial charge >= 0.3 is 0 Å². The number of hydrogen-bond donors (Lipinski definition) is 2. The highest BCUT2D eigenvalue weighted by molar-refractivity contribution is 6.05. The van der Waals surface area contributed by atoms with Crippen LogP contribution in [-0.2, 0) is 18.3 Å². The van der Waals surface area contributed by atoms with Crippen LogP contribution in [0.3, 0.4) is 0 Å². The lowest BCUT2D eigenvalue weighted by atomic mass is 9.56. The number of benzene rings is 1. The molecule has 2 aliphatic carbocycles. The van der Waals surface area contributed by atoms with E-state index in [1.54, 1.807) is 0 Å². The van der Waals surface area contributed by atoms with Gasteiger partial charge in [-0.25, -0.2) is 4.68 Å². The monoisotopic (exact) mass is 433 g/mol. The lowest BCUT2D eigenvalue weighted by Gasteiger charge is -2.47. The predicted molar refractivity (Wildman–Crippen MR) is 118 cm³/mol. The van der Waals surface area contributed by atoms with Gasteiger partial charge in [-0.2, -0.15) is 5.10 Å². The summed E-state index contributed by atoms with van der Waals surface area (Å²) in [5.74, 6) is 1.31. The number of carbonyl (C=O) groups excluding carboxylic acids is 1. The first-order valence-electron chi connectivity index (χ1n) is 11.0. The minimum atomic E-state index is -0.362. The van der Waals surface area contributed by atoms with Crippen LogP contribution in [0.5, 0.6) is 0 Å². The van der Waals surface area contributed by atoms with Crippen LogP contribution in [0.15, 0.2) is 40.1 Å². The summed E-state index contributed by atoms with van der Waals surface area (Å²) in [5, 5.41) is 23.6. The second-order valence-corrected chi connectivity index (χ2v) is 9.31. The summed E-state index contributed by atoms with van der Waals surface area (Å²) in [6, 6.07) is 8.18. The molecule has 1 amide bonds. The summed E-state index contributed by atoms with van der Waals surface area (Å²) in [4.78, 5) is 13.1. The summed E-state index contributed by atoms with van der Waals surface area (Å²) in [6.07, 6.45) is 4.28. The van der Waals surface area contributed by atoms with E-state index in [-0.39, 0.29) is 23.1 Å². The summed E-state index contributed by atoms with van der Waals surface area (Å²) < 4.78 is 7.54. The lowest BCUT2D eigenvalue weighted by Crippen LogP contribution is -2.45. The van der Waals surface area contributed by atoms with E-state index in [1.807, 2.05) is 29.9 Å². The first-order valence-corrected chi connectivity index (χ1v) is 11.0. The highest BCUT2D eigenvalue weighted by atomic mass is 16.5. The predicted octanol–water partition coefficient (Wildman–Crippen LogP) is 3.89. The molecular formula is C24H27N5O3. The number of amidine groups is 1. The Morgan fingerprint density at radius 1 is 1.34 bits per heavy atom. The number of rotatable bonds is 2. The van der Waals surface area contributed by atoms with Crippen molar-refractivity contribution in [1.29, 1.82) is 0 Å². The molecule has 0 saturated heterocycles. The van der Waals surface area contributed by atoms with Gasteiger partial charge in [0.25, 0.3) is 5.91 Å². The fourth-order valence-corrected chi connectivity index (χ4v) is 5.74. The Balaban J connectivity index is 1.71. The van der Waals surface area contributed by atoms with Gasteiger partial charge in [0.1, 0.15) is 11.6 Å². The maximum atomic E-state index is 13.1. The van der Waals surface area contributed by atoms with E-state index in [4.69, 9.17) is 14.8 Å². The van der Waals surface area contributed by atoms with E-state index in [0.717, 1.165) is 53.1 Å². The maximum absolute atomic E-state index is 13.1. The maximum Gasteiger partial charge on any atom is 0.277 e. The van der Waals surface area contributed by atoms with E-state index in [9.17, 15) is 4.79 Å². The minimum absolute atomic E-state index is 0.133. The van der Waals surface area contributed by atoms with Crippen LogP contribution in [0.4, 0.5) is 0 Å². The molecule has 0 spiro atoms. The zero-order valence-corrected chi connectivity index (χ0v) is 18.7. The van der Waals surface area contributed by atoms with Crippen molar-refractivity contribution in [3.05, 3.63) is 64.3 Å². The largest absolute Gasteiger partial charge is 0.409 e. The number of carbonyl (C=O) groups is 1. The lowest BCUT2D eigenvalue weighted by molar-refractivity contribution is 0.0968. The van der Waals surface area contributed by atoms with Gasteiger partial charge in [0.15, 0.2) is 5.69 Å². The van der Waals surface area contributed by atoms with Crippen LogP contribution in [-0.4, -0.2) is 31.9 Å². The quantitative estimate of drug-likeness (QED) is 0.276. The average Bonchev–Trinajstić information content (AvgIpc) is 3.39. The molecule has 0 bridgehead atoms. The third-order valence-corrected chi connectivity index (χ3v) is 7.24. The molecule has 0 unspecified atom stereocenters. The fraction of sp³-hybridized carbons (Fsp3) is 0.417. The highest BCUT2D eigenvalue weighted by Gasteiger charge is 2.52. The molecule has 166 valence electrons. The van der Waals surface area contributed by atoms with Crippen LogP contribution < -0.4 is 5.32 Å². The van der Waals surface area contributed by atoms with Crippen LogP contribution >= 0.6 is 0 Å². The second-order valence-electron chi connectivity index (χ2n) is 9.31. The van der Waals surface area contributed by atoms with E-state index in [0.29, 0.717) is 11.6 Å². The molecule has 5 rings (SSSR count). The average molecular weight is 434 g/mol. The van der Waals surface area contributed by atoms with Gasteiger partial charge in [-0.05, 0) is 51.2 Å². The van der Waals surface area contributed by atoms with Gasteiger partial charge < -0.3 is 15.0 Å². The van der Waals surface area contributed by atoms with Gasteiger partial charge in [-0.3, -0.25) is 4.79 Å². The molecule has 2 heterocycles. The topological polar surface area (TPSA) is 106 Å². The number of fused-ring (bicyclic) bond motifs is 4. The Morgan fingerprint density at radius 3 is 2.81 bits per heavy atom. The van der Waals surface area contributed by atoms with Crippen molar-refractivity contribution < 1.29 is 14.5 Å². The van der Waals surface area contributed by atoms with Crippen LogP contribution in [0, 0.1) is 12.8 Å². The van der Waals surface area contributed by atoms with Gasteiger partial charge in [0.05, 0.1) is 17.6 Å². The van der Waals surface area contributed by atoms with Crippen molar-refractivity contribution in [3.63, 3.8) is 0 Å². The zero-order chi connectivity index (χ0) is 22.6. The van der Waals surface area contributed by atoms with Gasteiger partial charge in [-0.15, -0.1) is 0 Å². The fourth-order valence-electron chi connectivity index (χ4n) is 5.74. The molecule has 1 aromatic carbocycles. The van der Waals surface area contributed by atoms with E-state index < -0.39 is 0 Å². The Morgan fingerprint density at radius 2 is 2.09 bits per heavy atom. The molecule has 0 radical (unpaired) electrons. The van der Waals surface area contributed by atoms with Crippen molar-refractivity contribution in [2.75, 3.05) is 0 Å². The van der Waals surface area contributed by atoms with E-state index in [2.05, 4.69) is 41.6 Å². The van der Waals surface area contributed by atoms with Gasteiger partial charge in [0, 0.05) is 22.5 Å². The number of hydrogen-bond acceptors (Lipinski definition) is 6. The summed E-state index contributed by atoms with van der Waals surface area (Å²) in [5.41, 5.74) is 5.38. The van der Waals surface area contributed by atoms with E-state index in [1.165, 1.54) is 6.92 Å². The highest BCUT2D eigenvalue weighted by Crippen LogP contribution is 2.54. The first-order chi connectivity index (χ1) is 15.3.